The van der Waals surface area contributed by atoms with E-state index in [1.807, 2.05) is 17.5 Å². The van der Waals surface area contributed by atoms with Crippen LogP contribution in [0, 0.1) is 5.41 Å². The Morgan fingerprint density at radius 3 is 2.79 bits per heavy atom. The van der Waals surface area contributed by atoms with Gasteiger partial charge in [0.25, 0.3) is 0 Å². The van der Waals surface area contributed by atoms with Crippen LogP contribution in [0.1, 0.15) is 30.6 Å². The zero-order chi connectivity index (χ0) is 13.7. The van der Waals surface area contributed by atoms with E-state index in [2.05, 4.69) is 5.32 Å². The Bertz CT molecular complexity index is 475. The molecule has 102 valence electrons. The second-order valence-corrected chi connectivity index (χ2v) is 5.97. The van der Waals surface area contributed by atoms with Crippen molar-refractivity contribution in [2.24, 2.45) is 5.41 Å². The van der Waals surface area contributed by atoms with E-state index >= 15 is 0 Å². The van der Waals surface area contributed by atoms with Gasteiger partial charge in [0.05, 0.1) is 6.42 Å². The number of thiophene rings is 1. The van der Waals surface area contributed by atoms with Gasteiger partial charge in [-0.3, -0.25) is 9.59 Å². The van der Waals surface area contributed by atoms with Gasteiger partial charge in [0.1, 0.15) is 0 Å². The molecule has 1 fully saturated rings. The Balaban J connectivity index is 1.81. The maximum atomic E-state index is 11.7. The molecule has 1 aromatic rings. The Labute approximate surface area is 116 Å². The van der Waals surface area contributed by atoms with Crippen LogP contribution in [0.25, 0.3) is 6.08 Å². The van der Waals surface area contributed by atoms with Gasteiger partial charge < -0.3 is 10.4 Å². The quantitative estimate of drug-likeness (QED) is 0.786. The molecule has 5 heteroatoms. The lowest BCUT2D eigenvalue weighted by atomic mass is 9.66. The second-order valence-electron chi connectivity index (χ2n) is 4.99. The first-order valence-electron chi connectivity index (χ1n) is 6.31. The summed E-state index contributed by atoms with van der Waals surface area (Å²) in [6.07, 6.45) is 6.22. The van der Waals surface area contributed by atoms with Crippen molar-refractivity contribution in [1.82, 2.24) is 5.32 Å². The summed E-state index contributed by atoms with van der Waals surface area (Å²) >= 11 is 1.57. The first kappa shape index (κ1) is 13.8. The van der Waals surface area contributed by atoms with Gasteiger partial charge in [0.15, 0.2) is 0 Å². The van der Waals surface area contributed by atoms with Crippen molar-refractivity contribution in [2.75, 3.05) is 6.54 Å². The number of hydrogen-bond acceptors (Lipinski definition) is 3. The van der Waals surface area contributed by atoms with E-state index < -0.39 is 5.97 Å². The normalized spacial score (nSPS) is 17.1. The molecule has 0 saturated heterocycles. The molecule has 1 heterocycles. The molecule has 19 heavy (non-hydrogen) atoms. The average molecular weight is 279 g/mol. The fraction of sp³-hybridized carbons (Fsp3) is 0.429. The van der Waals surface area contributed by atoms with Crippen molar-refractivity contribution in [3.8, 4) is 0 Å². The molecule has 2 rings (SSSR count). The predicted molar refractivity (Wildman–Crippen MR) is 74.9 cm³/mol. The first-order valence-corrected chi connectivity index (χ1v) is 7.19. The number of carbonyl (C=O) groups is 2. The third kappa shape index (κ3) is 3.92. The highest BCUT2D eigenvalue weighted by atomic mass is 32.1. The lowest BCUT2D eigenvalue weighted by Gasteiger charge is -2.40. The fourth-order valence-electron chi connectivity index (χ4n) is 2.29. The molecule has 1 aliphatic carbocycles. The fourth-order valence-corrected chi connectivity index (χ4v) is 2.91. The van der Waals surface area contributed by atoms with Crippen molar-refractivity contribution < 1.29 is 14.7 Å². The number of amides is 1. The van der Waals surface area contributed by atoms with Gasteiger partial charge in [-0.25, -0.2) is 0 Å². The number of hydrogen-bond donors (Lipinski definition) is 2. The van der Waals surface area contributed by atoms with Crippen LogP contribution in [0.15, 0.2) is 23.6 Å². The van der Waals surface area contributed by atoms with Gasteiger partial charge in [0.2, 0.25) is 5.91 Å². The summed E-state index contributed by atoms with van der Waals surface area (Å²) in [7, 11) is 0. The molecule has 0 radical (unpaired) electrons. The van der Waals surface area contributed by atoms with Crippen LogP contribution in [0.5, 0.6) is 0 Å². The van der Waals surface area contributed by atoms with E-state index in [1.54, 1.807) is 17.4 Å². The molecule has 1 aromatic heterocycles. The number of rotatable bonds is 6. The van der Waals surface area contributed by atoms with Gasteiger partial charge >= 0.3 is 5.97 Å². The molecular formula is C14H17NO3S. The van der Waals surface area contributed by atoms with Crippen LogP contribution in [-0.2, 0) is 9.59 Å². The van der Waals surface area contributed by atoms with Crippen molar-refractivity contribution in [3.63, 3.8) is 0 Å². The smallest absolute Gasteiger partial charge is 0.303 e. The largest absolute Gasteiger partial charge is 0.481 e. The molecule has 0 unspecified atom stereocenters. The molecule has 1 saturated carbocycles. The molecule has 0 aliphatic heterocycles. The molecular weight excluding hydrogens is 262 g/mol. The lowest BCUT2D eigenvalue weighted by Crippen LogP contribution is -2.43. The zero-order valence-electron chi connectivity index (χ0n) is 10.6. The summed E-state index contributed by atoms with van der Waals surface area (Å²) < 4.78 is 0. The summed E-state index contributed by atoms with van der Waals surface area (Å²) in [6.45, 7) is 0.451. The van der Waals surface area contributed by atoms with E-state index in [-0.39, 0.29) is 17.7 Å². The molecule has 1 aliphatic rings. The van der Waals surface area contributed by atoms with Crippen LogP contribution in [-0.4, -0.2) is 23.5 Å². The monoisotopic (exact) mass is 279 g/mol. The minimum Gasteiger partial charge on any atom is -0.481 e. The molecule has 1 amide bonds. The first-order chi connectivity index (χ1) is 9.10. The van der Waals surface area contributed by atoms with Crippen molar-refractivity contribution in [3.05, 3.63) is 28.5 Å². The lowest BCUT2D eigenvalue weighted by molar-refractivity contribution is -0.141. The van der Waals surface area contributed by atoms with E-state index in [0.717, 1.165) is 24.1 Å². The topological polar surface area (TPSA) is 66.4 Å². The highest BCUT2D eigenvalue weighted by Gasteiger charge is 2.38. The molecule has 2 N–H and O–H groups in total. The minimum absolute atomic E-state index is 0.141. The van der Waals surface area contributed by atoms with Crippen LogP contribution in [0.3, 0.4) is 0 Å². The molecule has 0 spiro atoms. The third-order valence-corrected chi connectivity index (χ3v) is 4.36. The third-order valence-electron chi connectivity index (χ3n) is 3.52. The Morgan fingerprint density at radius 1 is 1.47 bits per heavy atom. The summed E-state index contributed by atoms with van der Waals surface area (Å²) in [5.41, 5.74) is -0.224. The Hall–Kier alpha value is -1.62. The maximum absolute atomic E-state index is 11.7. The Kier molecular flexibility index (Phi) is 4.37. The van der Waals surface area contributed by atoms with E-state index in [4.69, 9.17) is 5.11 Å². The van der Waals surface area contributed by atoms with E-state index in [0.29, 0.717) is 6.54 Å². The van der Waals surface area contributed by atoms with Crippen LogP contribution < -0.4 is 5.32 Å². The number of carboxylic acids is 1. The SMILES string of the molecule is O=C(O)CC1(CNC(=O)/C=C/c2cccs2)CCC1. The molecule has 0 bridgehead atoms. The van der Waals surface area contributed by atoms with Crippen molar-refractivity contribution >= 4 is 29.3 Å². The standard InChI is InChI=1S/C14H17NO3S/c16-12(5-4-11-3-1-8-19-11)15-10-14(6-2-7-14)9-13(17)18/h1,3-5,8H,2,6-7,9-10H2,(H,15,16)(H,17,18)/b5-4+. The summed E-state index contributed by atoms with van der Waals surface area (Å²) in [4.78, 5) is 23.5. The van der Waals surface area contributed by atoms with E-state index in [1.165, 1.54) is 6.08 Å². The number of carboxylic acid groups (broad SMARTS) is 1. The van der Waals surface area contributed by atoms with Crippen LogP contribution >= 0.6 is 11.3 Å². The molecule has 4 nitrogen and oxygen atoms in total. The summed E-state index contributed by atoms with van der Waals surface area (Å²) in [5, 5.41) is 13.6. The summed E-state index contributed by atoms with van der Waals surface area (Å²) in [6, 6.07) is 3.87. The second kappa shape index (κ2) is 6.02. The van der Waals surface area contributed by atoms with Gasteiger partial charge in [-0.1, -0.05) is 12.5 Å². The molecule has 0 aromatic carbocycles. The van der Waals surface area contributed by atoms with Gasteiger partial charge in [-0.2, -0.15) is 0 Å². The zero-order valence-corrected chi connectivity index (χ0v) is 11.4. The van der Waals surface area contributed by atoms with Crippen molar-refractivity contribution in [2.45, 2.75) is 25.7 Å². The summed E-state index contributed by atoms with van der Waals surface area (Å²) in [5.74, 6) is -0.951. The average Bonchev–Trinajstić information content (AvgIpc) is 2.82. The Morgan fingerprint density at radius 2 is 2.26 bits per heavy atom. The van der Waals surface area contributed by atoms with Crippen molar-refractivity contribution in [1.29, 1.82) is 0 Å². The molecule has 0 atom stereocenters. The predicted octanol–water partition coefficient (Wildman–Crippen LogP) is 2.52. The minimum atomic E-state index is -0.789. The maximum Gasteiger partial charge on any atom is 0.303 e. The number of aliphatic carboxylic acids is 1. The van der Waals surface area contributed by atoms with Gasteiger partial charge in [-0.15, -0.1) is 11.3 Å². The van der Waals surface area contributed by atoms with Crippen LogP contribution in [0.2, 0.25) is 0 Å². The number of nitrogens with one attached hydrogen (secondary N) is 1. The van der Waals surface area contributed by atoms with Gasteiger partial charge in [0, 0.05) is 17.5 Å². The van der Waals surface area contributed by atoms with E-state index in [9.17, 15) is 9.59 Å². The number of carbonyl (C=O) groups excluding carboxylic acids is 1. The van der Waals surface area contributed by atoms with Crippen LogP contribution in [0.4, 0.5) is 0 Å². The van der Waals surface area contributed by atoms with Gasteiger partial charge in [-0.05, 0) is 35.8 Å². The highest BCUT2D eigenvalue weighted by molar-refractivity contribution is 7.10. The highest BCUT2D eigenvalue weighted by Crippen LogP contribution is 2.43.